The van der Waals surface area contributed by atoms with Crippen LogP contribution >= 0.6 is 0 Å². The molecule has 1 N–H and O–H groups in total. The van der Waals surface area contributed by atoms with E-state index in [4.69, 9.17) is 9.47 Å². The van der Waals surface area contributed by atoms with Crippen LogP contribution in [-0.2, 0) is 25.9 Å². The zero-order valence-electron chi connectivity index (χ0n) is 18.7. The van der Waals surface area contributed by atoms with Gasteiger partial charge in [-0.1, -0.05) is 24.3 Å². The normalized spacial score (nSPS) is 20.0. The summed E-state index contributed by atoms with van der Waals surface area (Å²) in [7, 11) is 0. The Kier molecular flexibility index (Phi) is 7.54. The van der Waals surface area contributed by atoms with E-state index in [1.165, 1.54) is 24.3 Å². The summed E-state index contributed by atoms with van der Waals surface area (Å²) in [6, 6.07) is 10.8. The number of rotatable bonds is 6. The summed E-state index contributed by atoms with van der Waals surface area (Å²) >= 11 is 0. The Morgan fingerprint density at radius 1 is 1.00 bits per heavy atom. The Hall–Kier alpha value is -2.49. The molecule has 4 rings (SSSR count). The third-order valence-electron chi connectivity index (χ3n) is 6.72. The summed E-state index contributed by atoms with van der Waals surface area (Å²) in [5, 5.41) is 3.03. The van der Waals surface area contributed by atoms with Crippen molar-refractivity contribution in [3.8, 4) is 0 Å². The summed E-state index contributed by atoms with van der Waals surface area (Å²) in [6.45, 7) is 3.20. The Morgan fingerprint density at radius 2 is 1.65 bits per heavy atom. The van der Waals surface area contributed by atoms with Crippen LogP contribution in [0.5, 0.6) is 0 Å². The molecule has 0 bridgehead atoms. The Morgan fingerprint density at radius 3 is 2.26 bits per heavy atom. The van der Waals surface area contributed by atoms with Crippen LogP contribution in [0.3, 0.4) is 0 Å². The maximum atomic E-state index is 14.0. The molecule has 2 heterocycles. The fraction of sp³-hybridized carbons (Fsp3) is 0.480. The topological polar surface area (TPSA) is 50.8 Å². The van der Waals surface area contributed by atoms with E-state index in [0.29, 0.717) is 63.5 Å². The van der Waals surface area contributed by atoms with Crippen molar-refractivity contribution < 1.29 is 31.8 Å². The van der Waals surface area contributed by atoms with Gasteiger partial charge in [0.15, 0.2) is 0 Å². The van der Waals surface area contributed by atoms with E-state index >= 15 is 0 Å². The molecule has 1 amide bonds. The number of morpholine rings is 1. The first-order chi connectivity index (χ1) is 16.3. The van der Waals surface area contributed by atoms with Crippen molar-refractivity contribution in [3.63, 3.8) is 0 Å². The number of carbonyl (C=O) groups is 1. The fourth-order valence-corrected chi connectivity index (χ4v) is 4.75. The molecule has 0 aliphatic carbocycles. The maximum Gasteiger partial charge on any atom is 0.416 e. The minimum Gasteiger partial charge on any atom is -0.381 e. The second kappa shape index (κ2) is 10.4. The van der Waals surface area contributed by atoms with Gasteiger partial charge in [-0.2, -0.15) is 13.2 Å². The summed E-state index contributed by atoms with van der Waals surface area (Å²) in [4.78, 5) is 15.7. The second-order valence-electron chi connectivity index (χ2n) is 8.70. The quantitative estimate of drug-likeness (QED) is 0.633. The van der Waals surface area contributed by atoms with Crippen LogP contribution in [0.2, 0.25) is 0 Å². The van der Waals surface area contributed by atoms with Gasteiger partial charge in [-0.25, -0.2) is 4.39 Å². The number of halogens is 4. The largest absolute Gasteiger partial charge is 0.416 e. The molecule has 2 aromatic rings. The molecule has 184 valence electrons. The number of nitrogens with one attached hydrogen (secondary N) is 1. The molecule has 2 aromatic carbocycles. The van der Waals surface area contributed by atoms with Crippen LogP contribution in [0.25, 0.3) is 0 Å². The van der Waals surface area contributed by atoms with E-state index in [1.807, 2.05) is 0 Å². The second-order valence-corrected chi connectivity index (χ2v) is 8.70. The average molecular weight is 481 g/mol. The van der Waals surface area contributed by atoms with Crippen LogP contribution in [0.15, 0.2) is 48.5 Å². The highest BCUT2D eigenvalue weighted by Crippen LogP contribution is 2.36. The minimum absolute atomic E-state index is 0.210. The lowest BCUT2D eigenvalue weighted by molar-refractivity contribution is -0.137. The number of ether oxygens (including phenoxy) is 2. The Bertz CT molecular complexity index is 969. The SMILES string of the molecule is O=C(NCC(c1ccc(C(F)(F)F)cc1)N1CCOCC1)C1(c2cccc(F)c2)CCOCC1. The molecule has 1 unspecified atom stereocenters. The third-order valence-corrected chi connectivity index (χ3v) is 6.72. The van der Waals surface area contributed by atoms with Crippen LogP contribution < -0.4 is 5.32 Å². The van der Waals surface area contributed by atoms with Gasteiger partial charge in [-0.15, -0.1) is 0 Å². The van der Waals surface area contributed by atoms with Crippen LogP contribution in [0.1, 0.15) is 35.6 Å². The van der Waals surface area contributed by atoms with Crippen LogP contribution in [0, 0.1) is 5.82 Å². The first-order valence-corrected chi connectivity index (χ1v) is 11.4. The standard InChI is InChI=1S/C25H28F4N2O3/c26-21-3-1-2-20(16-21)24(8-12-33-13-9-24)23(32)30-17-22(31-10-14-34-15-11-31)18-4-6-19(7-5-18)25(27,28)29/h1-7,16,22H,8-15,17H2,(H,30,32). The highest BCUT2D eigenvalue weighted by Gasteiger charge is 2.42. The summed E-state index contributed by atoms with van der Waals surface area (Å²) < 4.78 is 64.0. The van der Waals surface area contributed by atoms with Gasteiger partial charge in [-0.05, 0) is 48.2 Å². The van der Waals surface area contributed by atoms with Crippen molar-refractivity contribution in [2.75, 3.05) is 46.1 Å². The smallest absolute Gasteiger partial charge is 0.381 e. The zero-order chi connectivity index (χ0) is 24.2. The van der Waals surface area contributed by atoms with Crippen molar-refractivity contribution in [1.82, 2.24) is 10.2 Å². The Balaban J connectivity index is 1.56. The average Bonchev–Trinajstić information content (AvgIpc) is 2.85. The molecule has 2 aliphatic heterocycles. The van der Waals surface area contributed by atoms with Crippen molar-refractivity contribution in [2.45, 2.75) is 30.5 Å². The highest BCUT2D eigenvalue weighted by atomic mass is 19.4. The number of hydrogen-bond acceptors (Lipinski definition) is 4. The number of benzene rings is 2. The van der Waals surface area contributed by atoms with E-state index in [9.17, 15) is 22.4 Å². The summed E-state index contributed by atoms with van der Waals surface area (Å²) in [5.74, 6) is -0.640. The van der Waals surface area contributed by atoms with Crippen molar-refractivity contribution in [3.05, 3.63) is 71.0 Å². The van der Waals surface area contributed by atoms with Gasteiger partial charge < -0.3 is 14.8 Å². The molecule has 0 spiro atoms. The number of nitrogens with zero attached hydrogens (tertiary/aromatic N) is 1. The van der Waals surface area contributed by atoms with E-state index in [0.717, 1.165) is 12.1 Å². The van der Waals surface area contributed by atoms with Gasteiger partial charge in [0.25, 0.3) is 0 Å². The van der Waals surface area contributed by atoms with Crippen molar-refractivity contribution in [2.24, 2.45) is 0 Å². The van der Waals surface area contributed by atoms with Crippen LogP contribution in [-0.4, -0.2) is 56.9 Å². The Labute approximate surface area is 196 Å². The number of amides is 1. The van der Waals surface area contributed by atoms with Gasteiger partial charge >= 0.3 is 6.18 Å². The molecule has 2 fully saturated rings. The highest BCUT2D eigenvalue weighted by molar-refractivity contribution is 5.88. The molecular formula is C25H28F4N2O3. The van der Waals surface area contributed by atoms with Gasteiger partial charge in [0, 0.05) is 32.8 Å². The first-order valence-electron chi connectivity index (χ1n) is 11.4. The van der Waals surface area contributed by atoms with Gasteiger partial charge in [-0.3, -0.25) is 9.69 Å². The van der Waals surface area contributed by atoms with E-state index in [-0.39, 0.29) is 18.5 Å². The number of alkyl halides is 3. The van der Waals surface area contributed by atoms with E-state index in [2.05, 4.69) is 10.2 Å². The molecule has 2 saturated heterocycles. The number of carbonyl (C=O) groups excluding carboxylic acids is 1. The molecule has 2 aliphatic rings. The summed E-state index contributed by atoms with van der Waals surface area (Å²) in [5.41, 5.74) is -0.350. The van der Waals surface area contributed by atoms with Crippen molar-refractivity contribution in [1.29, 1.82) is 0 Å². The monoisotopic (exact) mass is 480 g/mol. The van der Waals surface area contributed by atoms with E-state index < -0.39 is 23.0 Å². The zero-order valence-corrected chi connectivity index (χ0v) is 18.7. The molecule has 1 atom stereocenters. The lowest BCUT2D eigenvalue weighted by Gasteiger charge is -2.38. The van der Waals surface area contributed by atoms with Crippen molar-refractivity contribution >= 4 is 5.91 Å². The first kappa shape index (κ1) is 24.6. The molecular weight excluding hydrogens is 452 g/mol. The molecule has 5 nitrogen and oxygen atoms in total. The van der Waals surface area contributed by atoms with E-state index in [1.54, 1.807) is 12.1 Å². The third kappa shape index (κ3) is 5.42. The number of hydrogen-bond donors (Lipinski definition) is 1. The maximum absolute atomic E-state index is 14.0. The minimum atomic E-state index is -4.42. The van der Waals surface area contributed by atoms with Gasteiger partial charge in [0.2, 0.25) is 5.91 Å². The molecule has 34 heavy (non-hydrogen) atoms. The van der Waals surface area contributed by atoms with Gasteiger partial charge in [0.05, 0.1) is 30.2 Å². The molecule has 0 radical (unpaired) electrons. The summed E-state index contributed by atoms with van der Waals surface area (Å²) in [6.07, 6.45) is -3.57. The molecule has 9 heteroatoms. The molecule has 0 saturated carbocycles. The lowest BCUT2D eigenvalue weighted by atomic mass is 9.73. The predicted octanol–water partition coefficient (Wildman–Crippen LogP) is 4.08. The van der Waals surface area contributed by atoms with Gasteiger partial charge in [0.1, 0.15) is 5.82 Å². The predicted molar refractivity (Wildman–Crippen MR) is 118 cm³/mol. The lowest BCUT2D eigenvalue weighted by Crippen LogP contribution is -2.51. The van der Waals surface area contributed by atoms with Crippen LogP contribution in [0.4, 0.5) is 17.6 Å². The fourth-order valence-electron chi connectivity index (χ4n) is 4.75. The molecule has 0 aromatic heterocycles.